The lowest BCUT2D eigenvalue weighted by molar-refractivity contribution is -0.301. The zero-order valence-corrected chi connectivity index (χ0v) is 15.7. The lowest BCUT2D eigenvalue weighted by atomic mass is 10.1. The van der Waals surface area contributed by atoms with Crippen LogP contribution in [-0.2, 0) is 33.3 Å². The highest BCUT2D eigenvalue weighted by atomic mass is 16.8. The van der Waals surface area contributed by atoms with Crippen LogP contribution in [0.15, 0.2) is 30.3 Å². The average Bonchev–Trinajstić information content (AvgIpc) is 3.13. The van der Waals surface area contributed by atoms with Crippen LogP contribution in [0.1, 0.15) is 32.4 Å². The fourth-order valence-electron chi connectivity index (χ4n) is 3.64. The van der Waals surface area contributed by atoms with E-state index in [4.69, 9.17) is 23.7 Å². The van der Waals surface area contributed by atoms with Crippen molar-refractivity contribution in [2.45, 2.75) is 57.2 Å². The number of carbonyl (C=O) groups excluding carboxylic acids is 3. The Morgan fingerprint density at radius 1 is 1.21 bits per heavy atom. The minimum atomic E-state index is -1.29. The summed E-state index contributed by atoms with van der Waals surface area (Å²) in [5.74, 6) is -2.24. The zero-order valence-electron chi connectivity index (χ0n) is 15.7. The van der Waals surface area contributed by atoms with E-state index in [1.54, 1.807) is 44.2 Å². The molecule has 3 aliphatic rings. The second-order valence-corrected chi connectivity index (χ2v) is 7.32. The summed E-state index contributed by atoms with van der Waals surface area (Å²) in [5, 5.41) is 0. The highest BCUT2D eigenvalue weighted by Crippen LogP contribution is 2.40. The Kier molecular flexibility index (Phi) is 4.60. The Morgan fingerprint density at radius 2 is 1.93 bits per heavy atom. The fraction of sp³-hybridized carbons (Fsp3) is 0.526. The largest absolute Gasteiger partial charge is 0.447 e. The lowest BCUT2D eigenvalue weighted by Gasteiger charge is -2.37. The molecule has 2 amide bonds. The first-order valence-electron chi connectivity index (χ1n) is 9.00. The number of fused-ring (bicyclic) bond motifs is 3. The van der Waals surface area contributed by atoms with Crippen molar-refractivity contribution < 1.29 is 38.1 Å². The molecular weight excluding hydrogens is 370 g/mol. The highest BCUT2D eigenvalue weighted by Gasteiger charge is 2.61. The number of ether oxygens (including phenoxy) is 5. The van der Waals surface area contributed by atoms with Gasteiger partial charge in [-0.3, -0.25) is 9.59 Å². The number of benzene rings is 1. The molecule has 0 aliphatic carbocycles. The van der Waals surface area contributed by atoms with E-state index < -0.39 is 54.4 Å². The van der Waals surface area contributed by atoms with Crippen molar-refractivity contribution in [1.82, 2.24) is 4.90 Å². The number of carbonyl (C=O) groups is 3. The number of hydrogen-bond acceptors (Lipinski definition) is 8. The van der Waals surface area contributed by atoms with Crippen molar-refractivity contribution in [2.75, 3.05) is 6.61 Å². The number of nitrogens with zero attached hydrogens (tertiary/aromatic N) is 1. The Morgan fingerprint density at radius 3 is 2.61 bits per heavy atom. The molecule has 0 N–H and O–H groups in total. The van der Waals surface area contributed by atoms with Gasteiger partial charge in [0.1, 0.15) is 12.2 Å². The van der Waals surface area contributed by atoms with Gasteiger partial charge in [0.15, 0.2) is 18.1 Å². The molecule has 0 aromatic heterocycles. The van der Waals surface area contributed by atoms with Gasteiger partial charge in [-0.2, -0.15) is 0 Å². The minimum Gasteiger partial charge on any atom is -0.447 e. The van der Waals surface area contributed by atoms with Gasteiger partial charge in [-0.25, -0.2) is 9.69 Å². The maximum atomic E-state index is 13.2. The molecule has 0 radical (unpaired) electrons. The summed E-state index contributed by atoms with van der Waals surface area (Å²) in [6.07, 6.45) is -4.94. The van der Waals surface area contributed by atoms with E-state index in [0.29, 0.717) is 5.56 Å². The first kappa shape index (κ1) is 18.9. The Hall–Kier alpha value is -2.49. The molecule has 0 saturated carbocycles. The molecule has 150 valence electrons. The maximum Gasteiger partial charge on any atom is 0.419 e. The Balaban J connectivity index is 1.60. The van der Waals surface area contributed by atoms with E-state index in [0.717, 1.165) is 4.90 Å². The predicted octanol–water partition coefficient (Wildman–Crippen LogP) is 1.51. The van der Waals surface area contributed by atoms with Crippen LogP contribution in [0, 0.1) is 0 Å². The first-order valence-corrected chi connectivity index (χ1v) is 9.00. The molecule has 3 aliphatic heterocycles. The fourth-order valence-corrected chi connectivity index (χ4v) is 3.64. The van der Waals surface area contributed by atoms with Gasteiger partial charge in [0.2, 0.25) is 6.10 Å². The van der Waals surface area contributed by atoms with Gasteiger partial charge in [-0.05, 0) is 13.8 Å². The van der Waals surface area contributed by atoms with Gasteiger partial charge in [0.25, 0.3) is 5.91 Å². The molecule has 0 spiro atoms. The average molecular weight is 391 g/mol. The predicted molar refractivity (Wildman–Crippen MR) is 91.6 cm³/mol. The molecule has 5 atom stereocenters. The first-order chi connectivity index (χ1) is 13.3. The second kappa shape index (κ2) is 6.84. The molecule has 9 nitrogen and oxygen atoms in total. The Bertz CT molecular complexity index is 794. The van der Waals surface area contributed by atoms with Gasteiger partial charge >= 0.3 is 12.1 Å². The van der Waals surface area contributed by atoms with E-state index in [2.05, 4.69) is 0 Å². The molecule has 3 saturated heterocycles. The smallest absolute Gasteiger partial charge is 0.419 e. The summed E-state index contributed by atoms with van der Waals surface area (Å²) in [4.78, 5) is 38.0. The van der Waals surface area contributed by atoms with Gasteiger partial charge in [-0.15, -0.1) is 0 Å². The van der Waals surface area contributed by atoms with Crippen LogP contribution in [-0.4, -0.2) is 59.8 Å². The summed E-state index contributed by atoms with van der Waals surface area (Å²) in [7, 11) is 0. The molecule has 0 bridgehead atoms. The summed E-state index contributed by atoms with van der Waals surface area (Å²) in [6, 6.07) is 8.46. The van der Waals surface area contributed by atoms with Crippen LogP contribution in [0.4, 0.5) is 4.79 Å². The molecule has 28 heavy (non-hydrogen) atoms. The van der Waals surface area contributed by atoms with Crippen LogP contribution in [0.2, 0.25) is 0 Å². The van der Waals surface area contributed by atoms with E-state index >= 15 is 0 Å². The summed E-state index contributed by atoms with van der Waals surface area (Å²) < 4.78 is 27.9. The zero-order chi connectivity index (χ0) is 20.1. The number of imide groups is 1. The third-order valence-corrected chi connectivity index (χ3v) is 4.84. The third-order valence-electron chi connectivity index (χ3n) is 4.84. The summed E-state index contributed by atoms with van der Waals surface area (Å²) in [6.45, 7) is 4.95. The van der Waals surface area contributed by atoms with Crippen molar-refractivity contribution in [3.05, 3.63) is 35.9 Å². The monoisotopic (exact) mass is 391 g/mol. The molecular formula is C19H21NO8. The number of amides is 2. The molecule has 9 heteroatoms. The highest BCUT2D eigenvalue weighted by molar-refractivity contribution is 5.97. The van der Waals surface area contributed by atoms with E-state index in [9.17, 15) is 14.4 Å². The van der Waals surface area contributed by atoms with Crippen molar-refractivity contribution in [2.24, 2.45) is 0 Å². The van der Waals surface area contributed by atoms with Gasteiger partial charge in [0, 0.05) is 12.5 Å². The van der Waals surface area contributed by atoms with Gasteiger partial charge in [-0.1, -0.05) is 30.3 Å². The molecule has 4 rings (SSSR count). The molecule has 3 fully saturated rings. The van der Waals surface area contributed by atoms with E-state index in [1.165, 1.54) is 6.92 Å². The molecule has 1 aromatic rings. The quantitative estimate of drug-likeness (QED) is 0.715. The summed E-state index contributed by atoms with van der Waals surface area (Å²) in [5.41, 5.74) is 0.440. The topological polar surface area (TPSA) is 101 Å². The van der Waals surface area contributed by atoms with Crippen LogP contribution in [0.3, 0.4) is 0 Å². The van der Waals surface area contributed by atoms with Gasteiger partial charge < -0.3 is 23.7 Å². The second-order valence-electron chi connectivity index (χ2n) is 7.32. The normalized spacial score (nSPS) is 31.5. The Labute approximate surface area is 161 Å². The van der Waals surface area contributed by atoms with Crippen molar-refractivity contribution in [3.63, 3.8) is 0 Å². The molecule has 3 heterocycles. The third kappa shape index (κ3) is 3.25. The van der Waals surface area contributed by atoms with E-state index in [-0.39, 0.29) is 6.61 Å². The van der Waals surface area contributed by atoms with Crippen molar-refractivity contribution in [3.8, 4) is 0 Å². The lowest BCUT2D eigenvalue weighted by Crippen LogP contribution is -2.50. The van der Waals surface area contributed by atoms with Crippen molar-refractivity contribution in [1.29, 1.82) is 0 Å². The summed E-state index contributed by atoms with van der Waals surface area (Å²) >= 11 is 0. The van der Waals surface area contributed by atoms with E-state index in [1.807, 2.05) is 0 Å². The maximum absolute atomic E-state index is 13.2. The van der Waals surface area contributed by atoms with Gasteiger partial charge in [0.05, 0.1) is 6.61 Å². The van der Waals surface area contributed by atoms with Crippen LogP contribution >= 0.6 is 0 Å². The number of esters is 1. The standard InChI is InChI=1S/C19H21NO8/c1-10(21)25-13(11-7-5-4-6-8-11)16(22)20-17-15(27-18(20)23)14-12(26-17)9-24-19(2,3)28-14/h4-8,12-15,17H,9H2,1-3H3/t12-,13+,14+,15-,17+/m1/s1. The van der Waals surface area contributed by atoms with Crippen LogP contribution in [0.5, 0.6) is 0 Å². The number of hydrogen-bond donors (Lipinski definition) is 0. The molecule has 1 aromatic carbocycles. The van der Waals surface area contributed by atoms with Crippen molar-refractivity contribution >= 4 is 18.0 Å². The number of rotatable bonds is 3. The van der Waals surface area contributed by atoms with Crippen LogP contribution < -0.4 is 0 Å². The SMILES string of the molecule is CC(=O)O[C@H](C(=O)N1C(=O)O[C@@H]2[C@H]3OC(C)(C)OC[C@H]3O[C@@H]21)c1ccccc1. The molecule has 0 unspecified atom stereocenters. The van der Waals surface area contributed by atoms with Crippen LogP contribution in [0.25, 0.3) is 0 Å². The minimum absolute atomic E-state index is 0.246.